The molecule has 0 fully saturated rings. The first-order valence-corrected chi connectivity index (χ1v) is 7.54. The summed E-state index contributed by atoms with van der Waals surface area (Å²) in [6, 6.07) is 6.46. The molecule has 0 saturated carbocycles. The largest absolute Gasteiger partial charge is 0.321 e. The zero-order valence-electron chi connectivity index (χ0n) is 12.7. The summed E-state index contributed by atoms with van der Waals surface area (Å²) < 4.78 is 15.3. The van der Waals surface area contributed by atoms with E-state index in [1.54, 1.807) is 10.7 Å². The molecule has 3 nitrogen and oxygen atoms in total. The van der Waals surface area contributed by atoms with Gasteiger partial charge < -0.3 is 5.73 Å². The van der Waals surface area contributed by atoms with E-state index < -0.39 is 5.54 Å². The van der Waals surface area contributed by atoms with Crippen molar-refractivity contribution >= 4 is 11.6 Å². The van der Waals surface area contributed by atoms with Crippen LogP contribution in [0, 0.1) is 5.82 Å². The molecule has 0 amide bonds. The van der Waals surface area contributed by atoms with E-state index in [2.05, 4.69) is 5.10 Å². The second-order valence-electron chi connectivity index (χ2n) is 5.38. The molecular formula is C16H21ClFN3. The lowest BCUT2D eigenvalue weighted by molar-refractivity contribution is 0.410. The highest BCUT2D eigenvalue weighted by molar-refractivity contribution is 6.31. The van der Waals surface area contributed by atoms with Gasteiger partial charge in [-0.1, -0.05) is 37.6 Å². The van der Waals surface area contributed by atoms with Crippen molar-refractivity contribution in [3.8, 4) is 0 Å². The van der Waals surface area contributed by atoms with Crippen molar-refractivity contribution in [1.29, 1.82) is 0 Å². The van der Waals surface area contributed by atoms with Crippen molar-refractivity contribution in [2.45, 2.75) is 38.6 Å². The van der Waals surface area contributed by atoms with Gasteiger partial charge in [0.25, 0.3) is 0 Å². The van der Waals surface area contributed by atoms with Gasteiger partial charge in [0.2, 0.25) is 0 Å². The second-order valence-corrected chi connectivity index (χ2v) is 5.76. The van der Waals surface area contributed by atoms with Gasteiger partial charge in [0.1, 0.15) is 5.82 Å². The zero-order chi connectivity index (χ0) is 15.6. The minimum absolute atomic E-state index is 0.277. The third-order valence-electron chi connectivity index (χ3n) is 4.02. The Kier molecular flexibility index (Phi) is 4.69. The van der Waals surface area contributed by atoms with E-state index in [0.29, 0.717) is 17.9 Å². The highest BCUT2D eigenvalue weighted by Gasteiger charge is 2.29. The Hall–Kier alpha value is -1.39. The number of nitrogens with zero attached hydrogens (tertiary/aromatic N) is 2. The first-order valence-electron chi connectivity index (χ1n) is 7.16. The molecule has 5 heteroatoms. The molecule has 1 aromatic carbocycles. The van der Waals surface area contributed by atoms with Crippen LogP contribution in [0.1, 0.15) is 37.2 Å². The Morgan fingerprint density at radius 1 is 1.38 bits per heavy atom. The van der Waals surface area contributed by atoms with Gasteiger partial charge in [0.15, 0.2) is 0 Å². The smallest absolute Gasteiger partial charge is 0.123 e. The van der Waals surface area contributed by atoms with Crippen molar-refractivity contribution in [3.63, 3.8) is 0 Å². The van der Waals surface area contributed by atoms with Crippen LogP contribution in [-0.2, 0) is 25.4 Å². The van der Waals surface area contributed by atoms with Crippen LogP contribution in [0.15, 0.2) is 24.3 Å². The van der Waals surface area contributed by atoms with E-state index in [9.17, 15) is 4.39 Å². The molecule has 114 valence electrons. The molecule has 1 unspecified atom stereocenters. The SMILES string of the molecule is CCc1nn(C)c(CC(N)(CC)c2cccc(F)c2)c1Cl. The van der Waals surface area contributed by atoms with E-state index in [1.165, 1.54) is 12.1 Å². The molecular weight excluding hydrogens is 289 g/mol. The number of benzene rings is 1. The summed E-state index contributed by atoms with van der Waals surface area (Å²) in [5, 5.41) is 5.08. The molecule has 1 heterocycles. The molecule has 0 aliphatic carbocycles. The summed E-state index contributed by atoms with van der Waals surface area (Å²) >= 11 is 6.40. The third-order valence-corrected chi connectivity index (χ3v) is 4.45. The summed E-state index contributed by atoms with van der Waals surface area (Å²) in [5.74, 6) is -0.277. The molecule has 0 radical (unpaired) electrons. The summed E-state index contributed by atoms with van der Waals surface area (Å²) in [6.07, 6.45) is 1.98. The Labute approximate surface area is 129 Å². The maximum absolute atomic E-state index is 13.5. The predicted molar refractivity (Wildman–Crippen MR) is 83.9 cm³/mol. The summed E-state index contributed by atoms with van der Waals surface area (Å²) in [4.78, 5) is 0. The van der Waals surface area contributed by atoms with Crippen LogP contribution in [0.25, 0.3) is 0 Å². The average molecular weight is 310 g/mol. The molecule has 0 spiro atoms. The van der Waals surface area contributed by atoms with Gasteiger partial charge in [-0.15, -0.1) is 0 Å². The van der Waals surface area contributed by atoms with Gasteiger partial charge in [-0.05, 0) is 30.5 Å². The highest BCUT2D eigenvalue weighted by Crippen LogP contribution is 2.31. The number of rotatable bonds is 5. The Morgan fingerprint density at radius 3 is 2.62 bits per heavy atom. The molecule has 0 bridgehead atoms. The normalized spacial score (nSPS) is 14.2. The fourth-order valence-electron chi connectivity index (χ4n) is 2.54. The van der Waals surface area contributed by atoms with Crippen LogP contribution in [-0.4, -0.2) is 9.78 Å². The molecule has 1 aromatic heterocycles. The third kappa shape index (κ3) is 3.11. The number of aryl methyl sites for hydroxylation is 2. The fourth-order valence-corrected chi connectivity index (χ4v) is 2.90. The molecule has 2 N–H and O–H groups in total. The van der Waals surface area contributed by atoms with Gasteiger partial charge in [-0.3, -0.25) is 4.68 Å². The van der Waals surface area contributed by atoms with Gasteiger partial charge in [0.05, 0.1) is 16.4 Å². The van der Waals surface area contributed by atoms with Crippen molar-refractivity contribution < 1.29 is 4.39 Å². The second kappa shape index (κ2) is 6.16. The Morgan fingerprint density at radius 2 is 2.10 bits per heavy atom. The Balaban J connectivity index is 2.41. The van der Waals surface area contributed by atoms with Crippen molar-refractivity contribution in [3.05, 3.63) is 52.1 Å². The molecule has 0 saturated heterocycles. The van der Waals surface area contributed by atoms with Gasteiger partial charge >= 0.3 is 0 Å². The lowest BCUT2D eigenvalue weighted by Gasteiger charge is -2.29. The minimum atomic E-state index is -0.662. The number of nitrogens with two attached hydrogens (primary N) is 1. The van der Waals surface area contributed by atoms with E-state index in [-0.39, 0.29) is 5.82 Å². The predicted octanol–water partition coefficient (Wildman–Crippen LogP) is 3.58. The number of aromatic nitrogens is 2. The maximum Gasteiger partial charge on any atom is 0.123 e. The Bertz CT molecular complexity index is 638. The number of hydrogen-bond acceptors (Lipinski definition) is 2. The molecule has 2 aromatic rings. The summed E-state index contributed by atoms with van der Waals surface area (Å²) in [5.41, 5.74) is 8.42. The van der Waals surface area contributed by atoms with Crippen LogP contribution >= 0.6 is 11.6 Å². The van der Waals surface area contributed by atoms with Gasteiger partial charge in [-0.25, -0.2) is 4.39 Å². The lowest BCUT2D eigenvalue weighted by atomic mass is 9.84. The van der Waals surface area contributed by atoms with Gasteiger partial charge in [-0.2, -0.15) is 5.10 Å². The molecule has 2 rings (SSSR count). The van der Waals surface area contributed by atoms with Crippen molar-refractivity contribution in [2.24, 2.45) is 12.8 Å². The first kappa shape index (κ1) is 16.0. The molecule has 0 aliphatic rings. The van der Waals surface area contributed by atoms with E-state index in [0.717, 1.165) is 23.4 Å². The topological polar surface area (TPSA) is 43.8 Å². The monoisotopic (exact) mass is 309 g/mol. The van der Waals surface area contributed by atoms with Crippen LogP contribution in [0.4, 0.5) is 4.39 Å². The average Bonchev–Trinajstić information content (AvgIpc) is 2.74. The summed E-state index contributed by atoms with van der Waals surface area (Å²) in [7, 11) is 1.86. The van der Waals surface area contributed by atoms with E-state index in [4.69, 9.17) is 17.3 Å². The number of hydrogen-bond donors (Lipinski definition) is 1. The zero-order valence-corrected chi connectivity index (χ0v) is 13.4. The summed E-state index contributed by atoms with van der Waals surface area (Å²) in [6.45, 7) is 4.01. The molecule has 0 aliphatic heterocycles. The quantitative estimate of drug-likeness (QED) is 0.917. The molecule has 21 heavy (non-hydrogen) atoms. The lowest BCUT2D eigenvalue weighted by Crippen LogP contribution is -2.39. The van der Waals surface area contributed by atoms with Gasteiger partial charge in [0, 0.05) is 19.0 Å². The van der Waals surface area contributed by atoms with Crippen molar-refractivity contribution in [1.82, 2.24) is 9.78 Å². The van der Waals surface area contributed by atoms with E-state index >= 15 is 0 Å². The first-order chi connectivity index (χ1) is 9.91. The molecule has 1 atom stereocenters. The maximum atomic E-state index is 13.5. The van der Waals surface area contributed by atoms with E-state index in [1.807, 2.05) is 27.0 Å². The highest BCUT2D eigenvalue weighted by atomic mass is 35.5. The van der Waals surface area contributed by atoms with Crippen LogP contribution in [0.5, 0.6) is 0 Å². The standard InChI is InChI=1S/C16H21ClFN3/c1-4-13-15(17)14(21(3)20-13)10-16(19,5-2)11-7-6-8-12(18)9-11/h6-9H,4-5,10,19H2,1-3H3. The van der Waals surface area contributed by atoms with Crippen LogP contribution < -0.4 is 5.73 Å². The fraction of sp³-hybridized carbons (Fsp3) is 0.438. The number of halogens is 2. The van der Waals surface area contributed by atoms with Crippen LogP contribution in [0.3, 0.4) is 0 Å². The van der Waals surface area contributed by atoms with Crippen molar-refractivity contribution in [2.75, 3.05) is 0 Å². The minimum Gasteiger partial charge on any atom is -0.321 e. The van der Waals surface area contributed by atoms with Crippen LogP contribution in [0.2, 0.25) is 5.02 Å².